The van der Waals surface area contributed by atoms with Gasteiger partial charge in [-0.05, 0) is 49.7 Å². The predicted octanol–water partition coefficient (Wildman–Crippen LogP) is 4.54. The van der Waals surface area contributed by atoms with E-state index in [4.69, 9.17) is 11.6 Å². The second kappa shape index (κ2) is 8.29. The molecular formula is C19H17ClN4OS. The summed E-state index contributed by atoms with van der Waals surface area (Å²) in [6.07, 6.45) is 3.43. The lowest BCUT2D eigenvalue weighted by molar-refractivity contribution is -0.113. The minimum absolute atomic E-state index is 0.112. The Morgan fingerprint density at radius 2 is 2.04 bits per heavy atom. The van der Waals surface area contributed by atoms with Crippen molar-refractivity contribution >= 4 is 35.0 Å². The number of aromatic nitrogens is 3. The Hall–Kier alpha value is -2.44. The first-order valence-corrected chi connectivity index (χ1v) is 9.33. The number of aryl methyl sites for hydroxylation is 1. The number of amides is 1. The molecule has 26 heavy (non-hydrogen) atoms. The van der Waals surface area contributed by atoms with E-state index in [1.165, 1.54) is 11.8 Å². The normalized spacial score (nSPS) is 10.6. The van der Waals surface area contributed by atoms with Crippen LogP contribution in [0.25, 0.3) is 11.4 Å². The molecule has 2 heterocycles. The van der Waals surface area contributed by atoms with Crippen molar-refractivity contribution in [2.45, 2.75) is 18.9 Å². The fraction of sp³-hybridized carbons (Fsp3) is 0.158. The van der Waals surface area contributed by atoms with Gasteiger partial charge in [-0.15, -0.1) is 0 Å². The Labute approximate surface area is 161 Å². The number of halogens is 1. The highest BCUT2D eigenvalue weighted by Gasteiger charge is 2.10. The number of hydrogen-bond acceptors (Lipinski definition) is 5. The van der Waals surface area contributed by atoms with Gasteiger partial charge in [0.25, 0.3) is 0 Å². The minimum atomic E-state index is -0.112. The molecule has 7 heteroatoms. The number of hydrogen-bond donors (Lipinski definition) is 1. The summed E-state index contributed by atoms with van der Waals surface area (Å²) in [5.74, 6) is 0.737. The Morgan fingerprint density at radius 3 is 2.81 bits per heavy atom. The fourth-order valence-electron chi connectivity index (χ4n) is 2.31. The molecule has 3 rings (SSSR count). The van der Waals surface area contributed by atoms with Crippen LogP contribution in [-0.4, -0.2) is 26.6 Å². The van der Waals surface area contributed by atoms with Crippen LogP contribution in [0.3, 0.4) is 0 Å². The van der Waals surface area contributed by atoms with Gasteiger partial charge < -0.3 is 5.32 Å². The molecule has 132 valence electrons. The Balaban J connectivity index is 1.69. The number of rotatable bonds is 5. The van der Waals surface area contributed by atoms with Crippen molar-refractivity contribution in [3.05, 3.63) is 65.1 Å². The van der Waals surface area contributed by atoms with Crippen molar-refractivity contribution in [2.75, 3.05) is 11.1 Å². The molecule has 3 aromatic rings. The first-order chi connectivity index (χ1) is 12.5. The molecule has 1 aromatic carbocycles. The van der Waals surface area contributed by atoms with Gasteiger partial charge in [0.2, 0.25) is 5.91 Å². The first-order valence-electron chi connectivity index (χ1n) is 7.97. The van der Waals surface area contributed by atoms with E-state index >= 15 is 0 Å². The van der Waals surface area contributed by atoms with Crippen LogP contribution in [-0.2, 0) is 4.79 Å². The second-order valence-electron chi connectivity index (χ2n) is 5.66. The third-order valence-electron chi connectivity index (χ3n) is 3.64. The highest BCUT2D eigenvalue weighted by atomic mass is 35.5. The van der Waals surface area contributed by atoms with Gasteiger partial charge in [0, 0.05) is 34.4 Å². The number of thioether (sulfide) groups is 1. The quantitative estimate of drug-likeness (QED) is 0.516. The predicted molar refractivity (Wildman–Crippen MR) is 106 cm³/mol. The smallest absolute Gasteiger partial charge is 0.234 e. The number of nitrogens with zero attached hydrogens (tertiary/aromatic N) is 3. The maximum absolute atomic E-state index is 12.3. The molecule has 0 aliphatic carbocycles. The zero-order valence-electron chi connectivity index (χ0n) is 14.4. The Bertz CT molecular complexity index is 934. The summed E-state index contributed by atoms with van der Waals surface area (Å²) in [7, 11) is 0. The Morgan fingerprint density at radius 1 is 1.19 bits per heavy atom. The van der Waals surface area contributed by atoms with Crippen molar-refractivity contribution < 1.29 is 4.79 Å². The number of carbonyl (C=O) groups excluding carboxylic acids is 1. The summed E-state index contributed by atoms with van der Waals surface area (Å²) in [5.41, 5.74) is 3.26. The average molecular weight is 385 g/mol. The van der Waals surface area contributed by atoms with Gasteiger partial charge in [0.1, 0.15) is 5.03 Å². The molecule has 5 nitrogen and oxygen atoms in total. The van der Waals surface area contributed by atoms with Crippen molar-refractivity contribution in [3.8, 4) is 11.4 Å². The molecule has 0 radical (unpaired) electrons. The van der Waals surface area contributed by atoms with Crippen molar-refractivity contribution in [3.63, 3.8) is 0 Å². The van der Waals surface area contributed by atoms with Crippen LogP contribution in [0.2, 0.25) is 5.02 Å². The Kier molecular flexibility index (Phi) is 5.85. The summed E-state index contributed by atoms with van der Waals surface area (Å²) < 4.78 is 0. The molecule has 0 saturated carbocycles. The summed E-state index contributed by atoms with van der Waals surface area (Å²) in [4.78, 5) is 25.3. The summed E-state index contributed by atoms with van der Waals surface area (Å²) in [6, 6.07) is 11.1. The van der Waals surface area contributed by atoms with Gasteiger partial charge in [0.15, 0.2) is 5.82 Å². The highest BCUT2D eigenvalue weighted by molar-refractivity contribution is 7.99. The molecule has 0 aliphatic rings. The molecule has 0 aliphatic heterocycles. The molecule has 0 atom stereocenters. The fourth-order valence-corrected chi connectivity index (χ4v) is 3.24. The van der Waals surface area contributed by atoms with Crippen LogP contribution < -0.4 is 5.32 Å². The number of nitrogens with one attached hydrogen (secondary N) is 1. The lowest BCUT2D eigenvalue weighted by Crippen LogP contribution is -2.15. The van der Waals surface area contributed by atoms with E-state index in [1.807, 2.05) is 44.2 Å². The third kappa shape index (κ3) is 4.59. The maximum atomic E-state index is 12.3. The van der Waals surface area contributed by atoms with Gasteiger partial charge in [-0.3, -0.25) is 9.78 Å². The molecule has 2 aromatic heterocycles. The van der Waals surface area contributed by atoms with Crippen molar-refractivity contribution in [1.29, 1.82) is 0 Å². The van der Waals surface area contributed by atoms with Crippen molar-refractivity contribution in [2.24, 2.45) is 0 Å². The third-order valence-corrected chi connectivity index (χ3v) is 4.96. The molecule has 0 saturated heterocycles. The van der Waals surface area contributed by atoms with E-state index in [2.05, 4.69) is 20.3 Å². The molecule has 0 bridgehead atoms. The molecule has 0 fully saturated rings. The van der Waals surface area contributed by atoms with Gasteiger partial charge in [-0.2, -0.15) is 0 Å². The lowest BCUT2D eigenvalue weighted by Gasteiger charge is -2.09. The van der Waals surface area contributed by atoms with E-state index in [9.17, 15) is 4.79 Å². The highest BCUT2D eigenvalue weighted by Crippen LogP contribution is 2.24. The molecule has 0 spiro atoms. The summed E-state index contributed by atoms with van der Waals surface area (Å²) in [6.45, 7) is 3.78. The van der Waals surface area contributed by atoms with E-state index in [0.717, 1.165) is 27.5 Å². The van der Waals surface area contributed by atoms with E-state index in [-0.39, 0.29) is 11.7 Å². The topological polar surface area (TPSA) is 67.8 Å². The van der Waals surface area contributed by atoms with Gasteiger partial charge in [0.05, 0.1) is 5.75 Å². The average Bonchev–Trinajstić information content (AvgIpc) is 2.64. The zero-order valence-corrected chi connectivity index (χ0v) is 15.9. The summed E-state index contributed by atoms with van der Waals surface area (Å²) in [5, 5.41) is 4.26. The molecule has 1 N–H and O–H groups in total. The zero-order chi connectivity index (χ0) is 18.5. The number of benzene rings is 1. The lowest BCUT2D eigenvalue weighted by atomic mass is 10.2. The number of pyridine rings is 1. The van der Waals surface area contributed by atoms with Crippen LogP contribution in [0.4, 0.5) is 5.69 Å². The van der Waals surface area contributed by atoms with Crippen LogP contribution in [0, 0.1) is 13.8 Å². The monoisotopic (exact) mass is 384 g/mol. The molecule has 1 amide bonds. The van der Waals surface area contributed by atoms with Gasteiger partial charge in [-0.25, -0.2) is 9.97 Å². The van der Waals surface area contributed by atoms with Gasteiger partial charge >= 0.3 is 0 Å². The van der Waals surface area contributed by atoms with Crippen LogP contribution in [0.15, 0.2) is 53.8 Å². The van der Waals surface area contributed by atoms with E-state index in [0.29, 0.717) is 10.8 Å². The second-order valence-corrected chi connectivity index (χ2v) is 7.06. The van der Waals surface area contributed by atoms with Crippen molar-refractivity contribution in [1.82, 2.24) is 15.0 Å². The summed E-state index contributed by atoms with van der Waals surface area (Å²) >= 11 is 7.45. The number of anilines is 1. The number of carbonyl (C=O) groups is 1. The van der Waals surface area contributed by atoms with Gasteiger partial charge in [-0.1, -0.05) is 29.4 Å². The van der Waals surface area contributed by atoms with E-state index in [1.54, 1.807) is 18.5 Å². The van der Waals surface area contributed by atoms with Crippen LogP contribution >= 0.6 is 23.4 Å². The van der Waals surface area contributed by atoms with Crippen LogP contribution in [0.1, 0.15) is 11.3 Å². The van der Waals surface area contributed by atoms with Crippen LogP contribution in [0.5, 0.6) is 0 Å². The molecular weight excluding hydrogens is 368 g/mol. The molecule has 0 unspecified atom stereocenters. The largest absolute Gasteiger partial charge is 0.325 e. The SMILES string of the molecule is Cc1cc(SCC(=O)Nc2cccc(Cl)c2C)nc(-c2cccnc2)n1. The standard InChI is InChI=1S/C19H17ClN4OS/c1-12-9-18(24-19(22-12)14-5-4-8-21-10-14)26-11-17(25)23-16-7-3-6-15(20)13(16)2/h3-10H,11H2,1-2H3,(H,23,25). The minimum Gasteiger partial charge on any atom is -0.325 e. The first kappa shape index (κ1) is 18.4. The van der Waals surface area contributed by atoms with E-state index < -0.39 is 0 Å². The maximum Gasteiger partial charge on any atom is 0.234 e.